The highest BCUT2D eigenvalue weighted by Gasteiger charge is 2.18. The molecule has 0 aliphatic rings. The van der Waals surface area contributed by atoms with Crippen molar-refractivity contribution in [1.82, 2.24) is 9.59 Å². The maximum absolute atomic E-state index is 6.25. The quantitative estimate of drug-likeness (QED) is 0.932. The van der Waals surface area contributed by atoms with Gasteiger partial charge in [0.25, 0.3) is 0 Å². The first-order valence-electron chi connectivity index (χ1n) is 5.90. The van der Waals surface area contributed by atoms with Crippen LogP contribution in [0.4, 0.5) is 0 Å². The van der Waals surface area contributed by atoms with E-state index < -0.39 is 0 Å². The summed E-state index contributed by atoms with van der Waals surface area (Å²) in [4.78, 5) is 1.08. The molecule has 2 aromatic rings. The lowest BCUT2D eigenvalue weighted by atomic mass is 10.0. The Morgan fingerprint density at radius 1 is 1.28 bits per heavy atom. The summed E-state index contributed by atoms with van der Waals surface area (Å²) in [5.74, 6) is 0.356. The minimum atomic E-state index is -0.0522. The molecule has 0 aliphatic heterocycles. The standard InChI is InChI=1S/C13H16ClN3S/c1-8(2)12-13(18-17-16-12)11(15)7-9-3-5-10(14)6-4-9/h3-6,8,11H,7,15H2,1-2H3. The molecular formula is C13H16ClN3S. The summed E-state index contributed by atoms with van der Waals surface area (Å²) in [6, 6.07) is 7.73. The topological polar surface area (TPSA) is 51.8 Å². The van der Waals surface area contributed by atoms with Gasteiger partial charge in [0.15, 0.2) is 0 Å². The number of aromatic nitrogens is 2. The lowest BCUT2D eigenvalue weighted by Crippen LogP contribution is -2.14. The Morgan fingerprint density at radius 2 is 1.94 bits per heavy atom. The molecule has 0 saturated carbocycles. The van der Waals surface area contributed by atoms with Gasteiger partial charge in [0.05, 0.1) is 10.6 Å². The van der Waals surface area contributed by atoms with Gasteiger partial charge in [-0.25, -0.2) is 0 Å². The molecule has 96 valence electrons. The van der Waals surface area contributed by atoms with Crippen LogP contribution in [0, 0.1) is 0 Å². The van der Waals surface area contributed by atoms with Crippen molar-refractivity contribution in [3.8, 4) is 0 Å². The summed E-state index contributed by atoms with van der Waals surface area (Å²) in [7, 11) is 0. The second kappa shape index (κ2) is 5.78. The van der Waals surface area contributed by atoms with Crippen LogP contribution in [0.15, 0.2) is 24.3 Å². The number of benzene rings is 1. The maximum Gasteiger partial charge on any atom is 0.0829 e. The molecule has 0 amide bonds. The molecule has 2 rings (SSSR count). The van der Waals surface area contributed by atoms with Crippen LogP contribution in [0.2, 0.25) is 5.02 Å². The molecule has 18 heavy (non-hydrogen) atoms. The van der Waals surface area contributed by atoms with Gasteiger partial charge >= 0.3 is 0 Å². The van der Waals surface area contributed by atoms with Crippen molar-refractivity contribution in [1.29, 1.82) is 0 Å². The molecule has 2 N–H and O–H groups in total. The molecule has 0 bridgehead atoms. The van der Waals surface area contributed by atoms with Gasteiger partial charge in [-0.2, -0.15) is 0 Å². The molecule has 1 heterocycles. The van der Waals surface area contributed by atoms with Crippen molar-refractivity contribution in [2.24, 2.45) is 5.73 Å². The minimum Gasteiger partial charge on any atom is -0.323 e. The van der Waals surface area contributed by atoms with Crippen LogP contribution in [0.1, 0.15) is 41.9 Å². The van der Waals surface area contributed by atoms with E-state index in [1.807, 2.05) is 24.3 Å². The zero-order valence-corrected chi connectivity index (χ0v) is 12.0. The molecule has 0 saturated heterocycles. The number of rotatable bonds is 4. The van der Waals surface area contributed by atoms with Crippen LogP contribution in [0.5, 0.6) is 0 Å². The fourth-order valence-electron chi connectivity index (χ4n) is 1.83. The van der Waals surface area contributed by atoms with E-state index in [2.05, 4.69) is 23.4 Å². The van der Waals surface area contributed by atoms with Crippen molar-refractivity contribution in [3.63, 3.8) is 0 Å². The Morgan fingerprint density at radius 3 is 2.56 bits per heavy atom. The molecule has 1 aromatic heterocycles. The van der Waals surface area contributed by atoms with Gasteiger partial charge in [0, 0.05) is 11.1 Å². The van der Waals surface area contributed by atoms with Gasteiger partial charge in [-0.1, -0.05) is 42.1 Å². The second-order valence-electron chi connectivity index (χ2n) is 4.61. The highest BCUT2D eigenvalue weighted by molar-refractivity contribution is 7.05. The van der Waals surface area contributed by atoms with E-state index in [9.17, 15) is 0 Å². The average molecular weight is 282 g/mol. The van der Waals surface area contributed by atoms with Gasteiger partial charge < -0.3 is 5.73 Å². The average Bonchev–Trinajstić information content (AvgIpc) is 2.81. The summed E-state index contributed by atoms with van der Waals surface area (Å²) in [5, 5.41) is 4.90. The van der Waals surface area contributed by atoms with Gasteiger partial charge in [-0.3, -0.25) is 0 Å². The van der Waals surface area contributed by atoms with Gasteiger partial charge in [0.2, 0.25) is 0 Å². The van der Waals surface area contributed by atoms with Crippen LogP contribution in [-0.2, 0) is 6.42 Å². The van der Waals surface area contributed by atoms with Gasteiger partial charge in [-0.05, 0) is 41.6 Å². The molecule has 1 unspecified atom stereocenters. The predicted octanol–water partition coefficient (Wildman–Crippen LogP) is 3.56. The summed E-state index contributed by atoms with van der Waals surface area (Å²) in [6.07, 6.45) is 0.779. The highest BCUT2D eigenvalue weighted by Crippen LogP contribution is 2.27. The van der Waals surface area contributed by atoms with Gasteiger partial charge in [0.1, 0.15) is 0 Å². The third-order valence-electron chi connectivity index (χ3n) is 2.79. The van der Waals surface area contributed by atoms with Crippen molar-refractivity contribution >= 4 is 23.1 Å². The fourth-order valence-corrected chi connectivity index (χ4v) is 2.76. The zero-order valence-electron chi connectivity index (χ0n) is 10.4. The van der Waals surface area contributed by atoms with E-state index in [1.165, 1.54) is 17.1 Å². The normalized spacial score (nSPS) is 12.9. The smallest absolute Gasteiger partial charge is 0.0829 e. The Balaban J connectivity index is 2.14. The molecule has 0 aliphatic carbocycles. The lowest BCUT2D eigenvalue weighted by Gasteiger charge is -2.12. The zero-order chi connectivity index (χ0) is 13.1. The van der Waals surface area contributed by atoms with E-state index >= 15 is 0 Å². The van der Waals surface area contributed by atoms with E-state index in [1.54, 1.807) is 0 Å². The molecule has 3 nitrogen and oxygen atoms in total. The van der Waals surface area contributed by atoms with Crippen LogP contribution < -0.4 is 5.73 Å². The highest BCUT2D eigenvalue weighted by atomic mass is 35.5. The second-order valence-corrected chi connectivity index (χ2v) is 5.84. The number of nitrogens with zero attached hydrogens (tertiary/aromatic N) is 2. The number of hydrogen-bond donors (Lipinski definition) is 1. The van der Waals surface area contributed by atoms with E-state index in [-0.39, 0.29) is 6.04 Å². The van der Waals surface area contributed by atoms with Crippen molar-refractivity contribution in [2.45, 2.75) is 32.2 Å². The number of halogens is 1. The molecule has 1 aromatic carbocycles. The Hall–Kier alpha value is -0.970. The monoisotopic (exact) mass is 281 g/mol. The number of nitrogens with two attached hydrogens (primary N) is 1. The Labute approximate surface area is 116 Å². The first-order chi connectivity index (χ1) is 8.58. The maximum atomic E-state index is 6.25. The van der Waals surface area contributed by atoms with E-state index in [0.717, 1.165) is 22.0 Å². The molecule has 0 spiro atoms. The van der Waals surface area contributed by atoms with Crippen LogP contribution in [-0.4, -0.2) is 9.59 Å². The summed E-state index contributed by atoms with van der Waals surface area (Å²) in [5.41, 5.74) is 8.44. The summed E-state index contributed by atoms with van der Waals surface area (Å²) < 4.78 is 4.01. The first-order valence-corrected chi connectivity index (χ1v) is 7.05. The largest absolute Gasteiger partial charge is 0.323 e. The third kappa shape index (κ3) is 3.07. The van der Waals surface area contributed by atoms with Crippen LogP contribution in [0.25, 0.3) is 0 Å². The summed E-state index contributed by atoms with van der Waals surface area (Å²) >= 11 is 7.26. The van der Waals surface area contributed by atoms with Crippen molar-refractivity contribution in [3.05, 3.63) is 45.4 Å². The SMILES string of the molecule is CC(C)c1nnsc1C(N)Cc1ccc(Cl)cc1. The lowest BCUT2D eigenvalue weighted by molar-refractivity contribution is 0.701. The molecule has 5 heteroatoms. The molecule has 0 radical (unpaired) electrons. The Kier molecular flexibility index (Phi) is 4.32. The number of hydrogen-bond acceptors (Lipinski definition) is 4. The first kappa shape index (κ1) is 13.5. The van der Waals surface area contributed by atoms with E-state index in [4.69, 9.17) is 17.3 Å². The van der Waals surface area contributed by atoms with Crippen LogP contribution in [0.3, 0.4) is 0 Å². The van der Waals surface area contributed by atoms with Crippen molar-refractivity contribution < 1.29 is 0 Å². The van der Waals surface area contributed by atoms with Crippen molar-refractivity contribution in [2.75, 3.05) is 0 Å². The minimum absolute atomic E-state index is 0.0522. The van der Waals surface area contributed by atoms with E-state index in [0.29, 0.717) is 5.92 Å². The van der Waals surface area contributed by atoms with Crippen LogP contribution >= 0.6 is 23.1 Å². The third-order valence-corrected chi connectivity index (χ3v) is 3.92. The fraction of sp³-hybridized carbons (Fsp3) is 0.385. The predicted molar refractivity (Wildman–Crippen MR) is 76.1 cm³/mol. The molecule has 1 atom stereocenters. The molecule has 0 fully saturated rings. The van der Waals surface area contributed by atoms with Gasteiger partial charge in [-0.15, -0.1) is 5.10 Å². The molecular weight excluding hydrogens is 266 g/mol. The Bertz CT molecular complexity index is 507. The summed E-state index contributed by atoms with van der Waals surface area (Å²) in [6.45, 7) is 4.21.